The average Bonchev–Trinajstić information content (AvgIpc) is 1.66. The quantitative estimate of drug-likeness (QED) is 0.495. The Hall–Kier alpha value is -0.400. The van der Waals surface area contributed by atoms with Gasteiger partial charge in [-0.1, -0.05) is 0 Å². The molecule has 0 spiro atoms. The highest BCUT2D eigenvalue weighted by molar-refractivity contribution is 5.55. The summed E-state index contributed by atoms with van der Waals surface area (Å²) in [6.07, 6.45) is 2.67. The van der Waals surface area contributed by atoms with Gasteiger partial charge in [0.1, 0.15) is 6.29 Å². The van der Waals surface area contributed by atoms with E-state index < -0.39 is 0 Å². The summed E-state index contributed by atoms with van der Waals surface area (Å²) < 4.78 is 11.7. The fourth-order valence-corrected chi connectivity index (χ4v) is 0.966. The highest BCUT2D eigenvalue weighted by Crippen LogP contribution is 2.32. The Bertz CT molecular complexity index is 90.5. The largest absolute Gasteiger partial charge is 0.303 e. The maximum Gasteiger partial charge on any atom is 0.123 e. The first-order valence-corrected chi connectivity index (χ1v) is 2.89. The zero-order valence-electron chi connectivity index (χ0n) is 4.64. The predicted octanol–water partition coefficient (Wildman–Crippen LogP) is 1.18. The number of hydrogen-bond donors (Lipinski definition) is 0. The van der Waals surface area contributed by atoms with Crippen molar-refractivity contribution < 1.29 is 9.18 Å². The fourth-order valence-electron chi connectivity index (χ4n) is 0.966. The van der Waals surface area contributed by atoms with Gasteiger partial charge in [0.05, 0.1) is 6.67 Å². The van der Waals surface area contributed by atoms with E-state index in [0.717, 1.165) is 19.1 Å². The van der Waals surface area contributed by atoms with Crippen molar-refractivity contribution in [3.63, 3.8) is 0 Å². The van der Waals surface area contributed by atoms with Crippen molar-refractivity contribution in [2.75, 3.05) is 6.67 Å². The first-order chi connectivity index (χ1) is 3.88. The molecule has 0 aromatic carbocycles. The molecule has 0 saturated heterocycles. The molecule has 1 fully saturated rings. The molecule has 0 N–H and O–H groups in total. The van der Waals surface area contributed by atoms with Crippen LogP contribution in [0.2, 0.25) is 0 Å². The molecule has 1 aliphatic rings. The molecule has 1 aliphatic carbocycles. The second kappa shape index (κ2) is 2.25. The standard InChI is InChI=1S/C6H9FO/c7-3-5-1-2-6(5)4-8/h4-6H,1-3H2. The minimum Gasteiger partial charge on any atom is -0.303 e. The molecule has 0 heterocycles. The second-order valence-electron chi connectivity index (χ2n) is 2.29. The van der Waals surface area contributed by atoms with E-state index in [9.17, 15) is 9.18 Å². The van der Waals surface area contributed by atoms with Crippen LogP contribution in [0.3, 0.4) is 0 Å². The van der Waals surface area contributed by atoms with E-state index >= 15 is 0 Å². The van der Waals surface area contributed by atoms with Crippen molar-refractivity contribution in [1.29, 1.82) is 0 Å². The molecule has 2 heteroatoms. The van der Waals surface area contributed by atoms with Gasteiger partial charge < -0.3 is 4.79 Å². The van der Waals surface area contributed by atoms with E-state index in [1.54, 1.807) is 0 Å². The summed E-state index contributed by atoms with van der Waals surface area (Å²) in [5.74, 6) is 0.104. The van der Waals surface area contributed by atoms with Crippen LogP contribution in [0.5, 0.6) is 0 Å². The first kappa shape index (κ1) is 5.73. The summed E-state index contributed by atoms with van der Waals surface area (Å²) in [6.45, 7) is -0.316. The van der Waals surface area contributed by atoms with E-state index in [1.807, 2.05) is 0 Å². The molecule has 1 nitrogen and oxygen atoms in total. The lowest BCUT2D eigenvalue weighted by molar-refractivity contribution is -0.115. The Kier molecular flexibility index (Phi) is 1.61. The smallest absolute Gasteiger partial charge is 0.123 e. The molecule has 8 heavy (non-hydrogen) atoms. The number of rotatable bonds is 2. The normalized spacial score (nSPS) is 36.1. The SMILES string of the molecule is O=CC1CCC1CF. The number of carbonyl (C=O) groups excluding carboxylic acids is 1. The summed E-state index contributed by atoms with van der Waals surface area (Å²) in [6, 6.07) is 0. The van der Waals surface area contributed by atoms with Crippen LogP contribution in [0.1, 0.15) is 12.8 Å². The molecule has 1 rings (SSSR count). The van der Waals surface area contributed by atoms with E-state index in [-0.39, 0.29) is 18.5 Å². The van der Waals surface area contributed by atoms with Gasteiger partial charge in [-0.2, -0.15) is 0 Å². The molecule has 1 saturated carbocycles. The van der Waals surface area contributed by atoms with Crippen molar-refractivity contribution in [3.05, 3.63) is 0 Å². The van der Waals surface area contributed by atoms with Crippen LogP contribution < -0.4 is 0 Å². The number of hydrogen-bond acceptors (Lipinski definition) is 1. The zero-order chi connectivity index (χ0) is 5.98. The second-order valence-corrected chi connectivity index (χ2v) is 2.29. The highest BCUT2D eigenvalue weighted by atomic mass is 19.1. The van der Waals surface area contributed by atoms with Gasteiger partial charge in [-0.05, 0) is 18.8 Å². The molecule has 0 aromatic heterocycles. The molecule has 0 radical (unpaired) electrons. The third-order valence-corrected chi connectivity index (χ3v) is 1.85. The fraction of sp³-hybridized carbons (Fsp3) is 0.833. The lowest BCUT2D eigenvalue weighted by Gasteiger charge is -2.29. The Morgan fingerprint density at radius 3 is 2.50 bits per heavy atom. The molecule has 2 unspecified atom stereocenters. The van der Waals surface area contributed by atoms with Gasteiger partial charge in [0.15, 0.2) is 0 Å². The van der Waals surface area contributed by atoms with E-state index in [1.165, 1.54) is 0 Å². The molecule has 0 aliphatic heterocycles. The molecular weight excluding hydrogens is 107 g/mol. The van der Waals surface area contributed by atoms with Crippen molar-refractivity contribution >= 4 is 6.29 Å². The van der Waals surface area contributed by atoms with Crippen LogP contribution in [0.25, 0.3) is 0 Å². The topological polar surface area (TPSA) is 17.1 Å². The lowest BCUT2D eigenvalue weighted by atomic mass is 9.75. The Labute approximate surface area is 47.9 Å². The molecule has 0 bridgehead atoms. The Balaban J connectivity index is 2.26. The number of alkyl halides is 1. The number of halogens is 1. The Morgan fingerprint density at radius 1 is 1.62 bits per heavy atom. The maximum atomic E-state index is 11.7. The molecule has 0 amide bonds. The van der Waals surface area contributed by atoms with Gasteiger partial charge in [-0.15, -0.1) is 0 Å². The number of aldehydes is 1. The van der Waals surface area contributed by atoms with Gasteiger partial charge in [0.2, 0.25) is 0 Å². The monoisotopic (exact) mass is 116 g/mol. The van der Waals surface area contributed by atoms with Crippen LogP contribution in [-0.2, 0) is 4.79 Å². The predicted molar refractivity (Wildman–Crippen MR) is 28.3 cm³/mol. The van der Waals surface area contributed by atoms with Gasteiger partial charge in [0.25, 0.3) is 0 Å². The summed E-state index contributed by atoms with van der Waals surface area (Å²) in [5, 5.41) is 0. The van der Waals surface area contributed by atoms with Crippen LogP contribution in [0.4, 0.5) is 4.39 Å². The lowest BCUT2D eigenvalue weighted by Crippen LogP contribution is -2.28. The van der Waals surface area contributed by atoms with Gasteiger partial charge in [-0.25, -0.2) is 0 Å². The van der Waals surface area contributed by atoms with Gasteiger partial charge in [-0.3, -0.25) is 4.39 Å². The van der Waals surface area contributed by atoms with Crippen LogP contribution in [0, 0.1) is 11.8 Å². The van der Waals surface area contributed by atoms with Gasteiger partial charge >= 0.3 is 0 Å². The van der Waals surface area contributed by atoms with Crippen LogP contribution >= 0.6 is 0 Å². The molecule has 2 atom stereocenters. The van der Waals surface area contributed by atoms with Crippen molar-refractivity contribution in [2.24, 2.45) is 11.8 Å². The molecule has 46 valence electrons. The minimum absolute atomic E-state index is 0.0417. The van der Waals surface area contributed by atoms with Crippen molar-refractivity contribution in [1.82, 2.24) is 0 Å². The van der Waals surface area contributed by atoms with E-state index in [0.29, 0.717) is 0 Å². The van der Waals surface area contributed by atoms with Crippen molar-refractivity contribution in [3.8, 4) is 0 Å². The van der Waals surface area contributed by atoms with E-state index in [2.05, 4.69) is 0 Å². The molecule has 0 aromatic rings. The van der Waals surface area contributed by atoms with Crippen LogP contribution in [-0.4, -0.2) is 13.0 Å². The summed E-state index contributed by atoms with van der Waals surface area (Å²) in [5.41, 5.74) is 0. The summed E-state index contributed by atoms with van der Waals surface area (Å²) in [4.78, 5) is 9.99. The maximum absolute atomic E-state index is 11.7. The average molecular weight is 116 g/mol. The number of carbonyl (C=O) groups is 1. The summed E-state index contributed by atoms with van der Waals surface area (Å²) >= 11 is 0. The minimum atomic E-state index is -0.316. The third kappa shape index (κ3) is 0.746. The zero-order valence-corrected chi connectivity index (χ0v) is 4.64. The first-order valence-electron chi connectivity index (χ1n) is 2.89. The van der Waals surface area contributed by atoms with Crippen molar-refractivity contribution in [2.45, 2.75) is 12.8 Å². The Morgan fingerprint density at radius 2 is 2.38 bits per heavy atom. The van der Waals surface area contributed by atoms with E-state index in [4.69, 9.17) is 0 Å². The summed E-state index contributed by atoms with van der Waals surface area (Å²) in [7, 11) is 0. The van der Waals surface area contributed by atoms with Crippen LogP contribution in [0.15, 0.2) is 0 Å². The third-order valence-electron chi connectivity index (χ3n) is 1.85. The van der Waals surface area contributed by atoms with Gasteiger partial charge in [0, 0.05) is 5.92 Å². The molecular formula is C6H9FO. The highest BCUT2D eigenvalue weighted by Gasteiger charge is 2.29.